The molecule has 2 N–H and O–H groups in total. The summed E-state index contributed by atoms with van der Waals surface area (Å²) in [5.41, 5.74) is -0.364. The number of rotatable bonds is 5. The highest BCUT2D eigenvalue weighted by molar-refractivity contribution is 5.94. The Hall–Kier alpha value is -2.51. The first-order chi connectivity index (χ1) is 9.61. The number of halogens is 2. The molecule has 0 atom stereocenters. The Balaban J connectivity index is 1.99. The van der Waals surface area contributed by atoms with Crippen molar-refractivity contribution in [3.8, 4) is 0 Å². The number of carbonyl (C=O) groups is 1. The highest BCUT2D eigenvalue weighted by Crippen LogP contribution is 2.20. The molecule has 0 unspecified atom stereocenters. The van der Waals surface area contributed by atoms with Crippen molar-refractivity contribution in [2.45, 2.75) is 6.42 Å². The first-order valence-corrected chi connectivity index (χ1v) is 5.82. The molecule has 0 aliphatic heterocycles. The van der Waals surface area contributed by atoms with Crippen molar-refractivity contribution in [2.24, 2.45) is 0 Å². The molecule has 0 saturated heterocycles. The maximum atomic E-state index is 13.5. The summed E-state index contributed by atoms with van der Waals surface area (Å²) in [5.74, 6) is -1.86. The molecular formula is C12H12F2N4O2. The number of anilines is 1. The molecule has 1 amide bonds. The van der Waals surface area contributed by atoms with Crippen LogP contribution in [0.4, 0.5) is 14.5 Å². The first-order valence-electron chi connectivity index (χ1n) is 5.82. The number of hydrogen-bond donors (Lipinski definition) is 2. The molecule has 6 nitrogen and oxygen atoms in total. The van der Waals surface area contributed by atoms with Gasteiger partial charge in [-0.2, -0.15) is 4.98 Å². The van der Waals surface area contributed by atoms with Gasteiger partial charge in [0.25, 0.3) is 5.91 Å². The number of nitrogens with one attached hydrogen (secondary N) is 2. The van der Waals surface area contributed by atoms with Crippen molar-refractivity contribution in [3.05, 3.63) is 41.5 Å². The number of nitrogens with zero attached hydrogens (tertiary/aromatic N) is 2. The normalized spacial score (nSPS) is 10.3. The van der Waals surface area contributed by atoms with Crippen LogP contribution in [-0.4, -0.2) is 29.6 Å². The van der Waals surface area contributed by atoms with Crippen LogP contribution in [-0.2, 0) is 6.42 Å². The van der Waals surface area contributed by atoms with Gasteiger partial charge in [-0.1, -0.05) is 5.16 Å². The Kier molecular flexibility index (Phi) is 4.24. The third-order valence-corrected chi connectivity index (χ3v) is 2.59. The van der Waals surface area contributed by atoms with E-state index in [1.54, 1.807) is 0 Å². The van der Waals surface area contributed by atoms with Crippen molar-refractivity contribution < 1.29 is 18.1 Å². The van der Waals surface area contributed by atoms with Gasteiger partial charge in [0.1, 0.15) is 17.3 Å². The minimum Gasteiger partial charge on any atom is -0.383 e. The predicted octanol–water partition coefficient (Wildman–Crippen LogP) is 1.36. The van der Waals surface area contributed by atoms with Gasteiger partial charge in [-0.3, -0.25) is 4.79 Å². The second-order valence-corrected chi connectivity index (χ2v) is 3.91. The maximum absolute atomic E-state index is 13.5. The van der Waals surface area contributed by atoms with E-state index in [9.17, 15) is 13.6 Å². The van der Waals surface area contributed by atoms with E-state index < -0.39 is 17.5 Å². The van der Waals surface area contributed by atoms with Crippen molar-refractivity contribution >= 4 is 11.6 Å². The van der Waals surface area contributed by atoms with Crippen molar-refractivity contribution in [2.75, 3.05) is 18.9 Å². The van der Waals surface area contributed by atoms with Crippen LogP contribution < -0.4 is 10.6 Å². The van der Waals surface area contributed by atoms with Gasteiger partial charge in [0.15, 0.2) is 6.33 Å². The van der Waals surface area contributed by atoms with Crippen LogP contribution in [0.3, 0.4) is 0 Å². The Morgan fingerprint density at radius 3 is 2.60 bits per heavy atom. The summed E-state index contributed by atoms with van der Waals surface area (Å²) in [6.45, 7) is 0.220. The summed E-state index contributed by atoms with van der Waals surface area (Å²) in [6.07, 6.45) is 1.59. The van der Waals surface area contributed by atoms with E-state index in [1.165, 1.54) is 13.4 Å². The van der Waals surface area contributed by atoms with Crippen LogP contribution in [0.5, 0.6) is 0 Å². The zero-order valence-corrected chi connectivity index (χ0v) is 10.6. The largest absolute Gasteiger partial charge is 0.383 e. The third-order valence-electron chi connectivity index (χ3n) is 2.59. The van der Waals surface area contributed by atoms with Crippen LogP contribution in [0.25, 0.3) is 0 Å². The van der Waals surface area contributed by atoms with Crippen molar-refractivity contribution in [1.82, 2.24) is 15.5 Å². The minimum absolute atomic E-state index is 0.0930. The van der Waals surface area contributed by atoms with Crippen molar-refractivity contribution in [3.63, 3.8) is 0 Å². The monoisotopic (exact) mass is 282 g/mol. The molecule has 0 aliphatic carbocycles. The van der Waals surface area contributed by atoms with Crippen LogP contribution in [0.1, 0.15) is 16.2 Å². The predicted molar refractivity (Wildman–Crippen MR) is 66.2 cm³/mol. The number of amides is 1. The highest BCUT2D eigenvalue weighted by Gasteiger charge is 2.14. The summed E-state index contributed by atoms with van der Waals surface area (Å²) < 4.78 is 31.8. The fourth-order valence-electron chi connectivity index (χ4n) is 1.63. The second-order valence-electron chi connectivity index (χ2n) is 3.91. The lowest BCUT2D eigenvalue weighted by atomic mass is 10.1. The number of hydrogen-bond acceptors (Lipinski definition) is 5. The second kappa shape index (κ2) is 6.09. The topological polar surface area (TPSA) is 80.0 Å². The molecule has 106 valence electrons. The van der Waals surface area contributed by atoms with E-state index in [4.69, 9.17) is 4.52 Å². The molecule has 2 aromatic rings. The van der Waals surface area contributed by atoms with Crippen molar-refractivity contribution in [1.29, 1.82) is 0 Å². The number of aromatic nitrogens is 2. The van der Waals surface area contributed by atoms with E-state index in [-0.39, 0.29) is 17.8 Å². The average molecular weight is 282 g/mol. The zero-order chi connectivity index (χ0) is 14.5. The first kappa shape index (κ1) is 13.9. The van der Waals surface area contributed by atoms with Gasteiger partial charge >= 0.3 is 0 Å². The molecular weight excluding hydrogens is 270 g/mol. The smallest absolute Gasteiger partial charge is 0.251 e. The summed E-state index contributed by atoms with van der Waals surface area (Å²) in [7, 11) is 1.39. The lowest BCUT2D eigenvalue weighted by Crippen LogP contribution is -2.26. The Labute approximate surface area is 113 Å². The Bertz CT molecular complexity index is 579. The highest BCUT2D eigenvalue weighted by atomic mass is 19.1. The van der Waals surface area contributed by atoms with E-state index in [2.05, 4.69) is 20.8 Å². The molecule has 2 rings (SSSR count). The zero-order valence-electron chi connectivity index (χ0n) is 10.6. The lowest BCUT2D eigenvalue weighted by molar-refractivity contribution is 0.0952. The summed E-state index contributed by atoms with van der Waals surface area (Å²) in [6, 6.07) is 1.94. The molecule has 1 heterocycles. The maximum Gasteiger partial charge on any atom is 0.251 e. The van der Waals surface area contributed by atoms with Gasteiger partial charge in [-0.05, 0) is 12.1 Å². The summed E-state index contributed by atoms with van der Waals surface area (Å²) >= 11 is 0. The fourth-order valence-corrected chi connectivity index (χ4v) is 1.63. The van der Waals surface area contributed by atoms with E-state index in [0.29, 0.717) is 12.3 Å². The minimum atomic E-state index is -0.824. The fraction of sp³-hybridized carbons (Fsp3) is 0.250. The molecule has 1 aromatic heterocycles. The van der Waals surface area contributed by atoms with Gasteiger partial charge < -0.3 is 15.2 Å². The van der Waals surface area contributed by atoms with Gasteiger partial charge in [0.2, 0.25) is 5.89 Å². The molecule has 0 spiro atoms. The van der Waals surface area contributed by atoms with E-state index in [1.807, 2.05) is 0 Å². The molecule has 20 heavy (non-hydrogen) atoms. The molecule has 1 aromatic carbocycles. The number of carbonyl (C=O) groups excluding carboxylic acids is 1. The molecule has 8 heteroatoms. The van der Waals surface area contributed by atoms with Gasteiger partial charge in [0, 0.05) is 25.6 Å². The standard InChI is InChI=1S/C12H12F2N4O2/c1-15-11-8(13)4-7(5-9(11)14)12(19)16-3-2-10-17-6-18-20-10/h4-6,15H,2-3H2,1H3,(H,16,19). The third kappa shape index (κ3) is 3.08. The molecule has 0 saturated carbocycles. The van der Waals surface area contributed by atoms with Crippen LogP contribution in [0.15, 0.2) is 23.0 Å². The molecule has 0 bridgehead atoms. The Morgan fingerprint density at radius 1 is 1.35 bits per heavy atom. The van der Waals surface area contributed by atoms with Gasteiger partial charge in [-0.15, -0.1) is 0 Å². The van der Waals surface area contributed by atoms with Gasteiger partial charge in [-0.25, -0.2) is 8.78 Å². The van der Waals surface area contributed by atoms with E-state index in [0.717, 1.165) is 12.1 Å². The van der Waals surface area contributed by atoms with Gasteiger partial charge in [0.05, 0.1) is 0 Å². The summed E-state index contributed by atoms with van der Waals surface area (Å²) in [5, 5.41) is 8.31. The summed E-state index contributed by atoms with van der Waals surface area (Å²) in [4.78, 5) is 15.5. The van der Waals surface area contributed by atoms with Crippen LogP contribution in [0, 0.1) is 11.6 Å². The van der Waals surface area contributed by atoms with Crippen LogP contribution >= 0.6 is 0 Å². The van der Waals surface area contributed by atoms with E-state index >= 15 is 0 Å². The molecule has 0 fully saturated rings. The SMILES string of the molecule is CNc1c(F)cc(C(=O)NCCc2ncno2)cc1F. The molecule has 0 aliphatic rings. The average Bonchev–Trinajstić information content (AvgIpc) is 2.91. The molecule has 0 radical (unpaired) electrons. The Morgan fingerprint density at radius 2 is 2.05 bits per heavy atom. The lowest BCUT2D eigenvalue weighted by Gasteiger charge is -2.08. The number of benzene rings is 1. The quantitative estimate of drug-likeness (QED) is 0.865. The van der Waals surface area contributed by atoms with Crippen LogP contribution in [0.2, 0.25) is 0 Å².